The fourth-order valence-electron chi connectivity index (χ4n) is 2.58. The first kappa shape index (κ1) is 11.5. The highest BCUT2D eigenvalue weighted by Crippen LogP contribution is 2.53. The molecule has 1 fully saturated rings. The summed E-state index contributed by atoms with van der Waals surface area (Å²) in [5.74, 6) is 0.787. The summed E-state index contributed by atoms with van der Waals surface area (Å²) in [4.78, 5) is 0. The molecule has 1 N–H and O–H groups in total. The van der Waals surface area contributed by atoms with Crippen molar-refractivity contribution in [3.8, 4) is 0 Å². The van der Waals surface area contributed by atoms with E-state index in [1.165, 1.54) is 43.9 Å². The standard InChI is InChI=1S/C13H23N/c1-4-13(7-5-6-8-14)9-12(10-13)11(2)3/h8,12,14H,2,4-7,9-10H2,1,3H3. The molecule has 0 unspecified atom stereocenters. The molecule has 1 heteroatoms. The zero-order valence-corrected chi connectivity index (χ0v) is 9.60. The molecule has 0 amide bonds. The van der Waals surface area contributed by atoms with Gasteiger partial charge in [0.25, 0.3) is 0 Å². The fourth-order valence-corrected chi connectivity index (χ4v) is 2.58. The zero-order chi connectivity index (χ0) is 10.6. The summed E-state index contributed by atoms with van der Waals surface area (Å²) in [5.41, 5.74) is 1.97. The van der Waals surface area contributed by atoms with Crippen molar-refractivity contribution in [3.63, 3.8) is 0 Å². The third kappa shape index (κ3) is 2.46. The van der Waals surface area contributed by atoms with E-state index in [0.717, 1.165) is 12.3 Å². The molecule has 1 aliphatic rings. The van der Waals surface area contributed by atoms with Crippen molar-refractivity contribution in [2.45, 2.75) is 52.4 Å². The maximum Gasteiger partial charge on any atom is -0.00477 e. The average molecular weight is 193 g/mol. The van der Waals surface area contributed by atoms with Crippen LogP contribution in [0.15, 0.2) is 12.2 Å². The molecule has 1 rings (SSSR count). The predicted molar refractivity (Wildman–Crippen MR) is 62.9 cm³/mol. The smallest absolute Gasteiger partial charge is 0.00477 e. The van der Waals surface area contributed by atoms with E-state index in [1.807, 2.05) is 0 Å². The van der Waals surface area contributed by atoms with E-state index < -0.39 is 0 Å². The van der Waals surface area contributed by atoms with Gasteiger partial charge in [0.1, 0.15) is 0 Å². The van der Waals surface area contributed by atoms with Crippen molar-refractivity contribution >= 4 is 6.21 Å². The summed E-state index contributed by atoms with van der Waals surface area (Å²) in [5, 5.41) is 7.01. The van der Waals surface area contributed by atoms with Crippen LogP contribution in [-0.2, 0) is 0 Å². The van der Waals surface area contributed by atoms with Gasteiger partial charge in [-0.1, -0.05) is 25.5 Å². The molecule has 0 spiro atoms. The van der Waals surface area contributed by atoms with Crippen molar-refractivity contribution in [1.29, 1.82) is 5.41 Å². The molecule has 0 heterocycles. The van der Waals surface area contributed by atoms with E-state index in [9.17, 15) is 0 Å². The Hall–Kier alpha value is -0.590. The molecule has 0 aliphatic heterocycles. The quantitative estimate of drug-likeness (QED) is 0.371. The van der Waals surface area contributed by atoms with Crippen LogP contribution in [0.2, 0.25) is 0 Å². The van der Waals surface area contributed by atoms with Crippen LogP contribution in [0, 0.1) is 16.7 Å². The van der Waals surface area contributed by atoms with Gasteiger partial charge in [0, 0.05) is 0 Å². The first-order chi connectivity index (χ1) is 6.63. The van der Waals surface area contributed by atoms with Crippen molar-refractivity contribution in [2.24, 2.45) is 11.3 Å². The first-order valence-corrected chi connectivity index (χ1v) is 5.78. The van der Waals surface area contributed by atoms with Crippen LogP contribution in [-0.4, -0.2) is 6.21 Å². The van der Waals surface area contributed by atoms with Gasteiger partial charge in [-0.25, -0.2) is 0 Å². The topological polar surface area (TPSA) is 23.9 Å². The second-order valence-electron chi connectivity index (χ2n) is 4.90. The lowest BCUT2D eigenvalue weighted by Gasteiger charge is -2.48. The lowest BCUT2D eigenvalue weighted by atomic mass is 9.57. The maximum absolute atomic E-state index is 7.01. The minimum Gasteiger partial charge on any atom is -0.313 e. The van der Waals surface area contributed by atoms with E-state index in [1.54, 1.807) is 0 Å². The second kappa shape index (κ2) is 4.77. The van der Waals surface area contributed by atoms with Gasteiger partial charge >= 0.3 is 0 Å². The maximum atomic E-state index is 7.01. The minimum atomic E-state index is 0.604. The molecule has 0 atom stereocenters. The largest absolute Gasteiger partial charge is 0.313 e. The molecule has 0 saturated heterocycles. The van der Waals surface area contributed by atoms with Gasteiger partial charge < -0.3 is 5.41 Å². The van der Waals surface area contributed by atoms with Crippen LogP contribution in [0.3, 0.4) is 0 Å². The predicted octanol–water partition coefficient (Wildman–Crippen LogP) is 4.19. The van der Waals surface area contributed by atoms with Gasteiger partial charge in [0.15, 0.2) is 0 Å². The summed E-state index contributed by atoms with van der Waals surface area (Å²) < 4.78 is 0. The lowest BCUT2D eigenvalue weighted by molar-refractivity contribution is 0.0593. The Kier molecular flexibility index (Phi) is 3.91. The van der Waals surface area contributed by atoms with E-state index in [0.29, 0.717) is 5.41 Å². The van der Waals surface area contributed by atoms with Gasteiger partial charge in [-0.3, -0.25) is 0 Å². The van der Waals surface area contributed by atoms with Crippen molar-refractivity contribution < 1.29 is 0 Å². The summed E-state index contributed by atoms with van der Waals surface area (Å²) in [6, 6.07) is 0. The molecule has 0 aromatic rings. The van der Waals surface area contributed by atoms with E-state index >= 15 is 0 Å². The third-order valence-corrected chi connectivity index (χ3v) is 3.86. The van der Waals surface area contributed by atoms with Crippen LogP contribution in [0.4, 0.5) is 0 Å². The number of nitrogens with one attached hydrogen (secondary N) is 1. The molecule has 0 aromatic heterocycles. The summed E-state index contributed by atoms with van der Waals surface area (Å²) >= 11 is 0. The minimum absolute atomic E-state index is 0.604. The monoisotopic (exact) mass is 193 g/mol. The Balaban J connectivity index is 2.33. The Morgan fingerprint density at radius 2 is 2.21 bits per heavy atom. The SMILES string of the molecule is C=C(C)C1CC(CC)(CCCC=N)C1. The fraction of sp³-hybridized carbons (Fsp3) is 0.769. The van der Waals surface area contributed by atoms with Crippen LogP contribution in [0.1, 0.15) is 52.4 Å². The van der Waals surface area contributed by atoms with Gasteiger partial charge in [-0.15, -0.1) is 0 Å². The van der Waals surface area contributed by atoms with Crippen LogP contribution >= 0.6 is 0 Å². The van der Waals surface area contributed by atoms with Gasteiger partial charge in [-0.2, -0.15) is 0 Å². The Morgan fingerprint density at radius 1 is 1.57 bits per heavy atom. The van der Waals surface area contributed by atoms with Crippen molar-refractivity contribution in [2.75, 3.05) is 0 Å². The van der Waals surface area contributed by atoms with E-state index in [-0.39, 0.29) is 0 Å². The molecule has 0 bridgehead atoms. The number of rotatable bonds is 6. The normalized spacial score (nSPS) is 30.9. The first-order valence-electron chi connectivity index (χ1n) is 5.78. The van der Waals surface area contributed by atoms with Crippen LogP contribution in [0.5, 0.6) is 0 Å². The van der Waals surface area contributed by atoms with Gasteiger partial charge in [0.2, 0.25) is 0 Å². The molecule has 1 nitrogen and oxygen atoms in total. The van der Waals surface area contributed by atoms with E-state index in [4.69, 9.17) is 5.41 Å². The summed E-state index contributed by atoms with van der Waals surface area (Å²) in [6.07, 6.45) is 8.99. The third-order valence-electron chi connectivity index (χ3n) is 3.86. The second-order valence-corrected chi connectivity index (χ2v) is 4.90. The molecule has 1 aliphatic carbocycles. The van der Waals surface area contributed by atoms with Crippen LogP contribution in [0.25, 0.3) is 0 Å². The molecule has 0 aromatic carbocycles. The Morgan fingerprint density at radius 3 is 2.64 bits per heavy atom. The zero-order valence-electron chi connectivity index (χ0n) is 9.60. The van der Waals surface area contributed by atoms with Crippen molar-refractivity contribution in [3.05, 3.63) is 12.2 Å². The Bertz CT molecular complexity index is 211. The van der Waals surface area contributed by atoms with Crippen LogP contribution < -0.4 is 0 Å². The lowest BCUT2D eigenvalue weighted by Crippen LogP contribution is -2.37. The molecular formula is C13H23N. The molecule has 80 valence electrons. The molecular weight excluding hydrogens is 170 g/mol. The Labute approximate surface area is 88.1 Å². The molecule has 0 radical (unpaired) electrons. The number of hydrogen-bond acceptors (Lipinski definition) is 1. The molecule has 1 saturated carbocycles. The highest BCUT2D eigenvalue weighted by atomic mass is 14.5. The van der Waals surface area contributed by atoms with Gasteiger partial charge in [-0.05, 0) is 56.6 Å². The highest BCUT2D eigenvalue weighted by Gasteiger charge is 2.41. The number of allylic oxidation sites excluding steroid dienone is 1. The number of unbranched alkanes of at least 4 members (excludes halogenated alkanes) is 1. The highest BCUT2D eigenvalue weighted by molar-refractivity contribution is 5.52. The summed E-state index contributed by atoms with van der Waals surface area (Å²) in [6.45, 7) is 8.50. The number of hydrogen-bond donors (Lipinski definition) is 1. The molecule has 14 heavy (non-hydrogen) atoms. The average Bonchev–Trinajstić information content (AvgIpc) is 2.09. The van der Waals surface area contributed by atoms with E-state index in [2.05, 4.69) is 20.4 Å². The summed E-state index contributed by atoms with van der Waals surface area (Å²) in [7, 11) is 0. The van der Waals surface area contributed by atoms with Crippen molar-refractivity contribution in [1.82, 2.24) is 0 Å². The van der Waals surface area contributed by atoms with Gasteiger partial charge in [0.05, 0.1) is 0 Å².